The molecule has 1 aliphatic carbocycles. The molecule has 27 heavy (non-hydrogen) atoms. The first kappa shape index (κ1) is 21.8. The molecule has 2 amide bonds. The monoisotopic (exact) mass is 456 g/mol. The maximum atomic E-state index is 12.9. The lowest BCUT2D eigenvalue weighted by molar-refractivity contribution is -0.120. The Bertz CT molecular complexity index is 811. The molecule has 0 aromatic heterocycles. The van der Waals surface area contributed by atoms with Gasteiger partial charge in [0.05, 0.1) is 10.5 Å². The van der Waals surface area contributed by atoms with Gasteiger partial charge in [-0.3, -0.25) is 9.10 Å². The van der Waals surface area contributed by atoms with Crippen molar-refractivity contribution < 1.29 is 18.5 Å². The second kappa shape index (κ2) is 7.83. The average molecular weight is 457 g/mol. The number of amides is 2. The summed E-state index contributed by atoms with van der Waals surface area (Å²) in [5, 5.41) is 0. The summed E-state index contributed by atoms with van der Waals surface area (Å²) >= 11 is 3.37. The van der Waals surface area contributed by atoms with Crippen LogP contribution < -0.4 is 0 Å². The molecule has 6 nitrogen and oxygen atoms in total. The molecule has 0 N–H and O–H groups in total. The van der Waals surface area contributed by atoms with Gasteiger partial charge in [0.1, 0.15) is 16.6 Å². The van der Waals surface area contributed by atoms with Gasteiger partial charge in [0, 0.05) is 22.2 Å². The van der Waals surface area contributed by atoms with Gasteiger partial charge >= 0.3 is 6.09 Å². The first-order valence-corrected chi connectivity index (χ1v) is 10.5. The van der Waals surface area contributed by atoms with Crippen molar-refractivity contribution in [2.75, 3.05) is 6.54 Å². The lowest BCUT2D eigenvalue weighted by Crippen LogP contribution is -2.38. The van der Waals surface area contributed by atoms with E-state index in [-0.39, 0.29) is 5.91 Å². The van der Waals surface area contributed by atoms with Gasteiger partial charge in [-0.1, -0.05) is 22.0 Å². The molecule has 1 fully saturated rings. The molecule has 0 aromatic rings. The van der Waals surface area contributed by atoms with E-state index in [9.17, 15) is 13.8 Å². The molecular weight excluding hydrogens is 432 g/mol. The highest BCUT2D eigenvalue weighted by atomic mass is 79.9. The molecule has 1 aliphatic heterocycles. The van der Waals surface area contributed by atoms with Crippen molar-refractivity contribution in [3.63, 3.8) is 0 Å². The minimum Gasteiger partial charge on any atom is -0.442 e. The average Bonchev–Trinajstić information content (AvgIpc) is 2.85. The van der Waals surface area contributed by atoms with E-state index in [0.717, 1.165) is 4.48 Å². The van der Waals surface area contributed by atoms with Crippen LogP contribution in [0, 0.1) is 0 Å². The zero-order chi connectivity index (χ0) is 20.6. The Kier molecular flexibility index (Phi) is 6.31. The second-order valence-corrected chi connectivity index (χ2v) is 11.3. The van der Waals surface area contributed by atoms with Crippen LogP contribution in [0.15, 0.2) is 38.8 Å². The van der Waals surface area contributed by atoms with Gasteiger partial charge in [-0.25, -0.2) is 9.00 Å². The topological polar surface area (TPSA) is 76.0 Å². The fourth-order valence-electron chi connectivity index (χ4n) is 2.55. The summed E-state index contributed by atoms with van der Waals surface area (Å²) in [7, 11) is -1.44. The molecule has 2 rings (SSSR count). The van der Waals surface area contributed by atoms with E-state index in [0.29, 0.717) is 29.8 Å². The molecule has 0 aromatic carbocycles. The Morgan fingerprint density at radius 2 is 1.85 bits per heavy atom. The van der Waals surface area contributed by atoms with Gasteiger partial charge in [0.2, 0.25) is 0 Å². The molecule has 0 bridgehead atoms. The van der Waals surface area contributed by atoms with Crippen LogP contribution in [-0.2, 0) is 20.5 Å². The van der Waals surface area contributed by atoms with Crippen LogP contribution in [0.5, 0.6) is 0 Å². The van der Waals surface area contributed by atoms with Crippen molar-refractivity contribution >= 4 is 44.6 Å². The number of carbonyl (C=O) groups excluding carboxylic acids is 2. The summed E-state index contributed by atoms with van der Waals surface area (Å²) < 4.78 is 19.5. The smallest absolute Gasteiger partial charge is 0.434 e. The van der Waals surface area contributed by atoms with E-state index in [1.807, 2.05) is 20.8 Å². The number of halogens is 1. The van der Waals surface area contributed by atoms with Crippen LogP contribution >= 0.6 is 15.9 Å². The first-order valence-electron chi connectivity index (χ1n) is 8.64. The Morgan fingerprint density at radius 1 is 1.22 bits per heavy atom. The van der Waals surface area contributed by atoms with Gasteiger partial charge in [-0.05, 0) is 60.1 Å². The number of hydrogen-bond acceptors (Lipinski definition) is 4. The number of rotatable bonds is 1. The van der Waals surface area contributed by atoms with Gasteiger partial charge in [-0.15, -0.1) is 0 Å². The maximum Gasteiger partial charge on any atom is 0.434 e. The highest BCUT2D eigenvalue weighted by molar-refractivity contribution is 9.11. The summed E-state index contributed by atoms with van der Waals surface area (Å²) in [6.07, 6.45) is 4.92. The predicted molar refractivity (Wildman–Crippen MR) is 111 cm³/mol. The van der Waals surface area contributed by atoms with Crippen molar-refractivity contribution in [2.24, 2.45) is 4.99 Å². The van der Waals surface area contributed by atoms with Gasteiger partial charge in [-0.2, -0.15) is 4.99 Å². The lowest BCUT2D eigenvalue weighted by Gasteiger charge is -2.24. The van der Waals surface area contributed by atoms with E-state index in [2.05, 4.69) is 20.9 Å². The third-order valence-corrected chi connectivity index (χ3v) is 5.95. The number of nitrogens with zero attached hydrogens (tertiary/aromatic N) is 2. The predicted octanol–water partition coefficient (Wildman–Crippen LogP) is 4.20. The van der Waals surface area contributed by atoms with Crippen LogP contribution in [0.25, 0.3) is 0 Å². The highest BCUT2D eigenvalue weighted by Gasteiger charge is 2.37. The first-order chi connectivity index (χ1) is 12.3. The van der Waals surface area contributed by atoms with Crippen molar-refractivity contribution in [1.29, 1.82) is 0 Å². The number of allylic oxidation sites excluding steroid dienone is 5. The molecule has 148 valence electrons. The Balaban J connectivity index is 2.40. The van der Waals surface area contributed by atoms with Gasteiger partial charge < -0.3 is 4.74 Å². The van der Waals surface area contributed by atoms with Crippen molar-refractivity contribution in [1.82, 2.24) is 4.31 Å². The quantitative estimate of drug-likeness (QED) is 0.553. The van der Waals surface area contributed by atoms with Crippen LogP contribution in [0.4, 0.5) is 4.79 Å². The summed E-state index contributed by atoms with van der Waals surface area (Å²) in [5.74, 6) is -0.286. The Labute approximate surface area is 171 Å². The van der Waals surface area contributed by atoms with Gasteiger partial charge in [0.15, 0.2) is 0 Å². The molecule has 1 saturated heterocycles. The molecule has 0 saturated carbocycles. The van der Waals surface area contributed by atoms with E-state index in [4.69, 9.17) is 4.74 Å². The normalized spacial score (nSPS) is 23.7. The summed E-state index contributed by atoms with van der Waals surface area (Å²) in [5.41, 5.74) is 0.749. The van der Waals surface area contributed by atoms with E-state index < -0.39 is 27.4 Å². The number of hydrogen-bond donors (Lipinski definition) is 0. The molecule has 8 heteroatoms. The number of carbonyl (C=O) groups is 2. The maximum absolute atomic E-state index is 12.9. The third-order valence-electron chi connectivity index (χ3n) is 3.66. The third kappa shape index (κ3) is 5.48. The summed E-state index contributed by atoms with van der Waals surface area (Å²) in [4.78, 5) is 29.1. The standard InChI is InChI=1S/C19H25BrN2O4S/c1-18(2,3)26-17(24)21-15-11-12(20)7-8-13(15)14-9-10-22(16(14)23)27(25)19(4,5)6/h7-8,11H,9-10H2,1-6H3/b14-13+,21-15+. The lowest BCUT2D eigenvalue weighted by atomic mass is 9.98. The van der Waals surface area contributed by atoms with E-state index in [1.165, 1.54) is 4.31 Å². The minimum absolute atomic E-state index is 0.286. The van der Waals surface area contributed by atoms with E-state index >= 15 is 0 Å². The molecule has 1 unspecified atom stereocenters. The Hall–Kier alpha value is -1.54. The number of ether oxygens (including phenoxy) is 1. The van der Waals surface area contributed by atoms with Crippen molar-refractivity contribution in [2.45, 2.75) is 58.3 Å². The molecule has 1 atom stereocenters. The molecular formula is C19H25BrN2O4S. The fourth-order valence-corrected chi connectivity index (χ4v) is 4.07. The zero-order valence-electron chi connectivity index (χ0n) is 16.5. The van der Waals surface area contributed by atoms with Crippen molar-refractivity contribution in [3.8, 4) is 0 Å². The molecule has 0 radical (unpaired) electrons. The molecule has 0 spiro atoms. The Morgan fingerprint density at radius 3 is 2.41 bits per heavy atom. The van der Waals surface area contributed by atoms with Gasteiger partial charge in [0.25, 0.3) is 5.91 Å². The van der Waals surface area contributed by atoms with Crippen LogP contribution in [-0.4, -0.2) is 43.1 Å². The minimum atomic E-state index is -1.44. The van der Waals surface area contributed by atoms with Crippen LogP contribution in [0.3, 0.4) is 0 Å². The van der Waals surface area contributed by atoms with E-state index in [1.54, 1.807) is 39.0 Å². The van der Waals surface area contributed by atoms with Crippen LogP contribution in [0.1, 0.15) is 48.0 Å². The number of aliphatic imine (C=N–C) groups is 1. The summed E-state index contributed by atoms with van der Waals surface area (Å²) in [6.45, 7) is 11.2. The zero-order valence-corrected chi connectivity index (χ0v) is 18.9. The molecule has 1 heterocycles. The summed E-state index contributed by atoms with van der Waals surface area (Å²) in [6, 6.07) is 0. The highest BCUT2D eigenvalue weighted by Crippen LogP contribution is 2.30. The van der Waals surface area contributed by atoms with Crippen LogP contribution in [0.2, 0.25) is 0 Å². The van der Waals surface area contributed by atoms with Crippen molar-refractivity contribution in [3.05, 3.63) is 33.9 Å². The molecule has 2 aliphatic rings. The fraction of sp³-hybridized carbons (Fsp3) is 0.526. The SMILES string of the molecule is CC(C)(C)OC(=O)/N=C1\C=C(Br)C=C\C1=C1\CCN(S(=O)C(C)(C)C)C1=O. The largest absolute Gasteiger partial charge is 0.442 e. The second-order valence-electron chi connectivity index (χ2n) is 8.25.